The Hall–Kier alpha value is -1.60. The Balaban J connectivity index is 2.82. The molecule has 1 rings (SSSR count). The van der Waals surface area contributed by atoms with E-state index in [1.807, 2.05) is 19.9 Å². The van der Waals surface area contributed by atoms with Gasteiger partial charge in [-0.1, -0.05) is 0 Å². The lowest BCUT2D eigenvalue weighted by atomic mass is 10.1. The van der Waals surface area contributed by atoms with E-state index in [1.165, 1.54) is 0 Å². The zero-order chi connectivity index (χ0) is 12.1. The minimum absolute atomic E-state index is 0.0846. The maximum Gasteiger partial charge on any atom is 0.144 e. The third-order valence-electron chi connectivity index (χ3n) is 2.35. The summed E-state index contributed by atoms with van der Waals surface area (Å²) in [6, 6.07) is 4.03. The number of hydrogen-bond acceptors (Lipinski definition) is 4. The molecule has 2 N–H and O–H groups in total. The van der Waals surface area contributed by atoms with E-state index in [4.69, 9.17) is 5.26 Å². The van der Waals surface area contributed by atoms with Crippen molar-refractivity contribution >= 4 is 5.82 Å². The zero-order valence-electron chi connectivity index (χ0n) is 9.86. The van der Waals surface area contributed by atoms with E-state index in [0.717, 1.165) is 5.56 Å². The van der Waals surface area contributed by atoms with Gasteiger partial charge >= 0.3 is 0 Å². The molecule has 0 aliphatic carbocycles. The first-order chi connectivity index (χ1) is 7.54. The fourth-order valence-electron chi connectivity index (χ4n) is 1.61. The van der Waals surface area contributed by atoms with Crippen LogP contribution in [-0.2, 0) is 0 Å². The Morgan fingerprint density at radius 3 is 2.81 bits per heavy atom. The molecule has 4 nitrogen and oxygen atoms in total. The topological polar surface area (TPSA) is 68.9 Å². The number of aliphatic hydroxyl groups is 1. The number of aliphatic hydroxyl groups excluding tert-OH is 1. The molecule has 4 heteroatoms. The van der Waals surface area contributed by atoms with Crippen molar-refractivity contribution in [2.75, 3.05) is 5.32 Å². The SMILES string of the molecule is Cc1ccnc(NC(C)CC(C)O)c1C#N. The highest BCUT2D eigenvalue weighted by Gasteiger charge is 2.11. The zero-order valence-corrected chi connectivity index (χ0v) is 9.86. The first-order valence-electron chi connectivity index (χ1n) is 5.35. The molecule has 0 bridgehead atoms. The van der Waals surface area contributed by atoms with Crippen LogP contribution in [-0.4, -0.2) is 22.2 Å². The molecule has 2 atom stereocenters. The number of pyridine rings is 1. The van der Waals surface area contributed by atoms with E-state index in [-0.39, 0.29) is 12.1 Å². The number of nitrogens with zero attached hydrogens (tertiary/aromatic N) is 2. The highest BCUT2D eigenvalue weighted by molar-refractivity contribution is 5.55. The van der Waals surface area contributed by atoms with E-state index in [9.17, 15) is 5.11 Å². The second-order valence-electron chi connectivity index (χ2n) is 4.09. The van der Waals surface area contributed by atoms with Crippen LogP contribution in [0.5, 0.6) is 0 Å². The lowest BCUT2D eigenvalue weighted by Crippen LogP contribution is -2.22. The number of nitriles is 1. The monoisotopic (exact) mass is 219 g/mol. The molecule has 0 aliphatic heterocycles. The molecule has 0 aliphatic rings. The summed E-state index contributed by atoms with van der Waals surface area (Å²) >= 11 is 0. The summed E-state index contributed by atoms with van der Waals surface area (Å²) in [5.41, 5.74) is 1.48. The lowest BCUT2D eigenvalue weighted by molar-refractivity contribution is 0.179. The van der Waals surface area contributed by atoms with Crippen LogP contribution >= 0.6 is 0 Å². The molecule has 0 radical (unpaired) electrons. The van der Waals surface area contributed by atoms with Gasteiger partial charge in [0.25, 0.3) is 0 Å². The minimum Gasteiger partial charge on any atom is -0.393 e. The molecule has 1 heterocycles. The average Bonchev–Trinajstić information content (AvgIpc) is 2.16. The van der Waals surface area contributed by atoms with Crippen LogP contribution < -0.4 is 5.32 Å². The Bertz CT molecular complexity index is 396. The second-order valence-corrected chi connectivity index (χ2v) is 4.09. The van der Waals surface area contributed by atoms with Crippen molar-refractivity contribution in [1.82, 2.24) is 4.98 Å². The number of aryl methyl sites for hydroxylation is 1. The molecule has 0 amide bonds. The predicted octanol–water partition coefficient (Wildman–Crippen LogP) is 1.83. The number of nitrogens with one attached hydrogen (secondary N) is 1. The number of rotatable bonds is 4. The van der Waals surface area contributed by atoms with E-state index < -0.39 is 0 Å². The smallest absolute Gasteiger partial charge is 0.144 e. The van der Waals surface area contributed by atoms with Gasteiger partial charge in [0.05, 0.1) is 11.7 Å². The fourth-order valence-corrected chi connectivity index (χ4v) is 1.61. The Labute approximate surface area is 95.9 Å². The van der Waals surface area contributed by atoms with Gasteiger partial charge in [-0.3, -0.25) is 0 Å². The van der Waals surface area contributed by atoms with Gasteiger partial charge in [0.15, 0.2) is 0 Å². The van der Waals surface area contributed by atoms with Gasteiger partial charge in [0, 0.05) is 12.2 Å². The van der Waals surface area contributed by atoms with Gasteiger partial charge in [-0.25, -0.2) is 4.98 Å². The predicted molar refractivity (Wildman–Crippen MR) is 63.1 cm³/mol. The maximum absolute atomic E-state index is 9.26. The molecule has 0 fully saturated rings. The average molecular weight is 219 g/mol. The molecule has 0 aromatic carbocycles. The number of hydrogen-bond donors (Lipinski definition) is 2. The number of aromatic nitrogens is 1. The molecule has 2 unspecified atom stereocenters. The summed E-state index contributed by atoms with van der Waals surface area (Å²) in [5, 5.41) is 21.4. The lowest BCUT2D eigenvalue weighted by Gasteiger charge is -2.17. The van der Waals surface area contributed by atoms with Crippen molar-refractivity contribution in [3.05, 3.63) is 23.4 Å². The molecular weight excluding hydrogens is 202 g/mol. The van der Waals surface area contributed by atoms with Crippen molar-refractivity contribution in [2.24, 2.45) is 0 Å². The van der Waals surface area contributed by atoms with Crippen LogP contribution in [0.1, 0.15) is 31.4 Å². The third-order valence-corrected chi connectivity index (χ3v) is 2.35. The second kappa shape index (κ2) is 5.47. The first-order valence-corrected chi connectivity index (χ1v) is 5.35. The van der Waals surface area contributed by atoms with E-state index in [0.29, 0.717) is 17.8 Å². The van der Waals surface area contributed by atoms with Crippen molar-refractivity contribution in [1.29, 1.82) is 5.26 Å². The summed E-state index contributed by atoms with van der Waals surface area (Å²) in [6.07, 6.45) is 1.94. The summed E-state index contributed by atoms with van der Waals surface area (Å²) in [6.45, 7) is 5.58. The molecule has 16 heavy (non-hydrogen) atoms. The summed E-state index contributed by atoms with van der Waals surface area (Å²) in [5.74, 6) is 0.593. The molecule has 0 saturated heterocycles. The first kappa shape index (κ1) is 12.5. The van der Waals surface area contributed by atoms with Gasteiger partial charge in [0.1, 0.15) is 11.9 Å². The van der Waals surface area contributed by atoms with Crippen LogP contribution in [0.25, 0.3) is 0 Å². The van der Waals surface area contributed by atoms with Crippen molar-refractivity contribution in [2.45, 2.75) is 39.3 Å². The summed E-state index contributed by atoms with van der Waals surface area (Å²) in [4.78, 5) is 4.14. The highest BCUT2D eigenvalue weighted by atomic mass is 16.3. The molecule has 1 aromatic rings. The van der Waals surface area contributed by atoms with Crippen LogP contribution in [0, 0.1) is 18.3 Å². The summed E-state index contributed by atoms with van der Waals surface area (Å²) in [7, 11) is 0. The molecular formula is C12H17N3O. The Kier molecular flexibility index (Phi) is 4.27. The maximum atomic E-state index is 9.26. The van der Waals surface area contributed by atoms with Crippen LogP contribution in [0.3, 0.4) is 0 Å². The third kappa shape index (κ3) is 3.21. The van der Waals surface area contributed by atoms with Crippen molar-refractivity contribution in [3.63, 3.8) is 0 Å². The molecule has 1 aromatic heterocycles. The van der Waals surface area contributed by atoms with Gasteiger partial charge in [-0.05, 0) is 38.8 Å². The van der Waals surface area contributed by atoms with Gasteiger partial charge < -0.3 is 10.4 Å². The largest absolute Gasteiger partial charge is 0.393 e. The molecule has 0 spiro atoms. The quantitative estimate of drug-likeness (QED) is 0.810. The van der Waals surface area contributed by atoms with Gasteiger partial charge in [-0.15, -0.1) is 0 Å². The minimum atomic E-state index is -0.363. The van der Waals surface area contributed by atoms with Crippen LogP contribution in [0.15, 0.2) is 12.3 Å². The van der Waals surface area contributed by atoms with E-state index in [2.05, 4.69) is 16.4 Å². The van der Waals surface area contributed by atoms with Crippen LogP contribution in [0.2, 0.25) is 0 Å². The fraction of sp³-hybridized carbons (Fsp3) is 0.500. The van der Waals surface area contributed by atoms with E-state index in [1.54, 1.807) is 13.1 Å². The normalized spacial score (nSPS) is 13.9. The Morgan fingerprint density at radius 2 is 2.25 bits per heavy atom. The molecule has 86 valence electrons. The van der Waals surface area contributed by atoms with Crippen LogP contribution in [0.4, 0.5) is 5.82 Å². The Morgan fingerprint density at radius 1 is 1.56 bits per heavy atom. The van der Waals surface area contributed by atoms with Gasteiger partial charge in [0.2, 0.25) is 0 Å². The summed E-state index contributed by atoms with van der Waals surface area (Å²) < 4.78 is 0. The highest BCUT2D eigenvalue weighted by Crippen LogP contribution is 2.16. The van der Waals surface area contributed by atoms with Crippen molar-refractivity contribution in [3.8, 4) is 6.07 Å². The van der Waals surface area contributed by atoms with Crippen molar-refractivity contribution < 1.29 is 5.11 Å². The van der Waals surface area contributed by atoms with E-state index >= 15 is 0 Å². The number of anilines is 1. The molecule has 0 saturated carbocycles. The van der Waals surface area contributed by atoms with Gasteiger partial charge in [-0.2, -0.15) is 5.26 Å². The standard InChI is InChI=1S/C12H17N3O/c1-8-4-5-14-12(11(8)7-13)15-9(2)6-10(3)16/h4-5,9-10,16H,6H2,1-3H3,(H,14,15).